The number of hydrogen-bond donors (Lipinski definition) is 0. The van der Waals surface area contributed by atoms with Gasteiger partial charge in [0, 0.05) is 32.3 Å². The molecule has 3 aromatic rings. The number of thiophene rings is 1. The molecule has 2 aromatic heterocycles. The highest BCUT2D eigenvalue weighted by molar-refractivity contribution is 7.17. The van der Waals surface area contributed by atoms with Crippen LogP contribution in [0.15, 0.2) is 48.8 Å². The van der Waals surface area contributed by atoms with Crippen LogP contribution in [0.3, 0.4) is 0 Å². The molecule has 1 amide bonds. The first-order valence-corrected chi connectivity index (χ1v) is 8.92. The highest BCUT2D eigenvalue weighted by Crippen LogP contribution is 2.34. The van der Waals surface area contributed by atoms with Crippen LogP contribution in [-0.2, 0) is 13.6 Å². The maximum atomic E-state index is 12.9. The zero-order chi connectivity index (χ0) is 16.7. The van der Waals surface area contributed by atoms with E-state index < -0.39 is 0 Å². The molecule has 0 saturated heterocycles. The molecule has 1 aliphatic heterocycles. The van der Waals surface area contributed by atoms with Crippen LogP contribution in [0.2, 0.25) is 4.34 Å². The molecular formula is C18H16ClN3OS. The van der Waals surface area contributed by atoms with E-state index in [2.05, 4.69) is 23.3 Å². The van der Waals surface area contributed by atoms with Crippen molar-refractivity contribution < 1.29 is 4.79 Å². The van der Waals surface area contributed by atoms with Crippen molar-refractivity contribution in [1.29, 1.82) is 0 Å². The summed E-state index contributed by atoms with van der Waals surface area (Å²) in [7, 11) is 1.91. The Hall–Kier alpha value is -2.11. The quantitative estimate of drug-likeness (QED) is 0.697. The Balaban J connectivity index is 1.71. The first kappa shape index (κ1) is 15.4. The van der Waals surface area contributed by atoms with E-state index >= 15 is 0 Å². The fourth-order valence-electron chi connectivity index (χ4n) is 3.25. The van der Waals surface area contributed by atoms with Gasteiger partial charge in [0.15, 0.2) is 0 Å². The number of amides is 1. The lowest BCUT2D eigenvalue weighted by Gasteiger charge is -2.34. The Bertz CT molecular complexity index is 901. The van der Waals surface area contributed by atoms with E-state index in [0.29, 0.717) is 22.3 Å². The van der Waals surface area contributed by atoms with Crippen LogP contribution < -0.4 is 0 Å². The van der Waals surface area contributed by atoms with Crippen molar-refractivity contribution in [3.8, 4) is 0 Å². The molecule has 6 heteroatoms. The molecule has 3 heterocycles. The molecule has 0 fully saturated rings. The third-order valence-electron chi connectivity index (χ3n) is 4.39. The van der Waals surface area contributed by atoms with Crippen molar-refractivity contribution in [2.24, 2.45) is 7.05 Å². The third-order valence-corrected chi connectivity index (χ3v) is 5.61. The molecule has 0 unspecified atom stereocenters. The lowest BCUT2D eigenvalue weighted by Crippen LogP contribution is -2.38. The van der Waals surface area contributed by atoms with Gasteiger partial charge in [0.25, 0.3) is 5.91 Å². The van der Waals surface area contributed by atoms with Crippen LogP contribution in [-0.4, -0.2) is 27.1 Å². The van der Waals surface area contributed by atoms with Gasteiger partial charge in [0.1, 0.15) is 0 Å². The third kappa shape index (κ3) is 2.74. The average Bonchev–Trinajstić information content (AvgIpc) is 3.21. The van der Waals surface area contributed by atoms with Gasteiger partial charge in [-0.3, -0.25) is 9.48 Å². The maximum Gasteiger partial charge on any atom is 0.264 e. The molecule has 0 spiro atoms. The van der Waals surface area contributed by atoms with E-state index in [4.69, 9.17) is 11.6 Å². The van der Waals surface area contributed by atoms with E-state index in [0.717, 1.165) is 5.56 Å². The SMILES string of the molecule is Cn1cc([C@@H]2CN(C(=O)c3ccc(Cl)s3)Cc3ccccc32)cn1. The monoisotopic (exact) mass is 357 g/mol. The molecular weight excluding hydrogens is 342 g/mol. The highest BCUT2D eigenvalue weighted by Gasteiger charge is 2.30. The van der Waals surface area contributed by atoms with Crippen molar-refractivity contribution in [2.75, 3.05) is 6.54 Å². The predicted octanol–water partition coefficient (Wildman–Crippen LogP) is 3.92. The highest BCUT2D eigenvalue weighted by atomic mass is 35.5. The van der Waals surface area contributed by atoms with E-state index in [1.54, 1.807) is 16.8 Å². The topological polar surface area (TPSA) is 38.1 Å². The molecule has 4 nitrogen and oxygen atoms in total. The van der Waals surface area contributed by atoms with Gasteiger partial charge in [0.05, 0.1) is 15.4 Å². The minimum absolute atomic E-state index is 0.0373. The summed E-state index contributed by atoms with van der Waals surface area (Å²) in [6.07, 6.45) is 3.91. The normalized spacial score (nSPS) is 16.9. The Kier molecular flexibility index (Phi) is 3.90. The van der Waals surface area contributed by atoms with Crippen LogP contribution in [0, 0.1) is 0 Å². The Morgan fingerprint density at radius 1 is 1.29 bits per heavy atom. The Morgan fingerprint density at radius 2 is 2.12 bits per heavy atom. The second kappa shape index (κ2) is 6.07. The molecule has 1 aromatic carbocycles. The second-order valence-electron chi connectivity index (χ2n) is 5.99. The summed E-state index contributed by atoms with van der Waals surface area (Å²) in [4.78, 5) is 15.5. The van der Waals surface area contributed by atoms with E-state index in [1.807, 2.05) is 30.4 Å². The van der Waals surface area contributed by atoms with Gasteiger partial charge in [-0.1, -0.05) is 35.9 Å². The molecule has 0 bridgehead atoms. The summed E-state index contributed by atoms with van der Waals surface area (Å²) in [6.45, 7) is 1.28. The van der Waals surface area contributed by atoms with Gasteiger partial charge >= 0.3 is 0 Å². The fraction of sp³-hybridized carbons (Fsp3) is 0.222. The zero-order valence-corrected chi connectivity index (χ0v) is 14.7. The number of fused-ring (bicyclic) bond motifs is 1. The number of nitrogens with zero attached hydrogens (tertiary/aromatic N) is 3. The number of carbonyl (C=O) groups excluding carboxylic acids is 1. The summed E-state index contributed by atoms with van der Waals surface area (Å²) < 4.78 is 2.44. The lowest BCUT2D eigenvalue weighted by molar-refractivity contribution is 0.0730. The summed E-state index contributed by atoms with van der Waals surface area (Å²) >= 11 is 7.32. The van der Waals surface area contributed by atoms with E-state index in [9.17, 15) is 4.79 Å². The van der Waals surface area contributed by atoms with Gasteiger partial charge in [-0.25, -0.2) is 0 Å². The summed E-state index contributed by atoms with van der Waals surface area (Å²) in [5.74, 6) is 0.179. The minimum Gasteiger partial charge on any atom is -0.333 e. The first-order chi connectivity index (χ1) is 11.6. The van der Waals surface area contributed by atoms with Gasteiger partial charge in [0.2, 0.25) is 0 Å². The summed E-state index contributed by atoms with van der Waals surface area (Å²) in [5.41, 5.74) is 3.60. The van der Waals surface area contributed by atoms with Gasteiger partial charge in [-0.15, -0.1) is 11.3 Å². The Labute approximate surface area is 149 Å². The predicted molar refractivity (Wildman–Crippen MR) is 95.6 cm³/mol. The molecule has 0 N–H and O–H groups in total. The number of benzene rings is 1. The number of aryl methyl sites for hydroxylation is 1. The van der Waals surface area contributed by atoms with Gasteiger partial charge in [-0.2, -0.15) is 5.10 Å². The molecule has 0 saturated carbocycles. The van der Waals surface area contributed by atoms with Gasteiger partial charge in [-0.05, 0) is 28.8 Å². The van der Waals surface area contributed by atoms with Crippen LogP contribution in [0.4, 0.5) is 0 Å². The summed E-state index contributed by atoms with van der Waals surface area (Å²) in [5, 5.41) is 4.29. The molecule has 24 heavy (non-hydrogen) atoms. The van der Waals surface area contributed by atoms with Crippen molar-refractivity contribution in [3.05, 3.63) is 74.7 Å². The smallest absolute Gasteiger partial charge is 0.264 e. The van der Waals surface area contributed by atoms with Gasteiger partial charge < -0.3 is 4.90 Å². The van der Waals surface area contributed by atoms with Crippen molar-refractivity contribution in [2.45, 2.75) is 12.5 Å². The van der Waals surface area contributed by atoms with Crippen molar-refractivity contribution in [1.82, 2.24) is 14.7 Å². The van der Waals surface area contributed by atoms with E-state index in [-0.39, 0.29) is 11.8 Å². The van der Waals surface area contributed by atoms with Crippen LogP contribution in [0.25, 0.3) is 0 Å². The number of carbonyl (C=O) groups is 1. The number of aromatic nitrogens is 2. The molecule has 0 radical (unpaired) electrons. The zero-order valence-electron chi connectivity index (χ0n) is 13.1. The molecule has 4 rings (SSSR count). The van der Waals surface area contributed by atoms with Crippen molar-refractivity contribution in [3.63, 3.8) is 0 Å². The average molecular weight is 358 g/mol. The first-order valence-electron chi connectivity index (χ1n) is 7.73. The van der Waals surface area contributed by atoms with E-state index in [1.165, 1.54) is 22.5 Å². The lowest BCUT2D eigenvalue weighted by atomic mass is 9.86. The maximum absolute atomic E-state index is 12.9. The Morgan fingerprint density at radius 3 is 2.83 bits per heavy atom. The number of halogens is 1. The van der Waals surface area contributed by atoms with Crippen molar-refractivity contribution >= 4 is 28.8 Å². The van der Waals surface area contributed by atoms with Crippen LogP contribution in [0.1, 0.15) is 32.3 Å². The van der Waals surface area contributed by atoms with Crippen LogP contribution in [0.5, 0.6) is 0 Å². The molecule has 122 valence electrons. The minimum atomic E-state index is 0.0373. The second-order valence-corrected chi connectivity index (χ2v) is 7.70. The standard InChI is InChI=1S/C18H16ClN3OS/c1-21-9-13(8-20-21)15-11-22(10-12-4-2-3-5-14(12)15)18(23)16-6-7-17(19)24-16/h2-9,15H,10-11H2,1H3/t15-/m0/s1. The number of rotatable bonds is 2. The van der Waals surface area contributed by atoms with Crippen LogP contribution >= 0.6 is 22.9 Å². The molecule has 1 aliphatic rings. The molecule has 1 atom stereocenters. The fourth-order valence-corrected chi connectivity index (χ4v) is 4.26. The molecule has 0 aliphatic carbocycles. The number of hydrogen-bond acceptors (Lipinski definition) is 3. The summed E-state index contributed by atoms with van der Waals surface area (Å²) in [6, 6.07) is 11.9. The largest absolute Gasteiger partial charge is 0.333 e.